The Morgan fingerprint density at radius 1 is 0.941 bits per heavy atom. The van der Waals surface area contributed by atoms with E-state index < -0.39 is 0 Å². The van der Waals surface area contributed by atoms with Crippen LogP contribution >= 0.6 is 0 Å². The summed E-state index contributed by atoms with van der Waals surface area (Å²) in [6.07, 6.45) is 2.09. The number of hydrogen-bond acceptors (Lipinski definition) is 2. The van der Waals surface area contributed by atoms with Crippen LogP contribution in [0.15, 0.2) is 91.1 Å². The molecule has 0 unspecified atom stereocenters. The number of hydrogen-bond donors (Lipinski definition) is 1. The minimum atomic E-state index is -0.211. The zero-order valence-corrected chi connectivity index (χ0v) is 19.9. The van der Waals surface area contributed by atoms with E-state index in [0.717, 1.165) is 33.8 Å². The molecule has 5 heteroatoms. The highest BCUT2D eigenvalue weighted by Gasteiger charge is 2.32. The number of carbonyl (C=O) groups is 1. The van der Waals surface area contributed by atoms with Crippen molar-refractivity contribution < 1.29 is 4.79 Å². The summed E-state index contributed by atoms with van der Waals surface area (Å²) in [4.78, 5) is 17.7. The molecule has 0 saturated carbocycles. The van der Waals surface area contributed by atoms with Crippen molar-refractivity contribution in [2.45, 2.75) is 26.1 Å². The van der Waals surface area contributed by atoms with Crippen LogP contribution in [-0.4, -0.2) is 29.6 Å². The molecule has 1 atom stereocenters. The van der Waals surface area contributed by atoms with Crippen molar-refractivity contribution in [3.8, 4) is 5.69 Å². The van der Waals surface area contributed by atoms with Gasteiger partial charge < -0.3 is 19.7 Å². The molecular formula is C29H30N4O. The maximum absolute atomic E-state index is 13.7. The lowest BCUT2D eigenvalue weighted by molar-refractivity contribution is 0.180. The van der Waals surface area contributed by atoms with Gasteiger partial charge >= 0.3 is 6.03 Å². The summed E-state index contributed by atoms with van der Waals surface area (Å²) in [5.41, 5.74) is 7.83. The molecule has 2 amide bonds. The zero-order valence-electron chi connectivity index (χ0n) is 19.9. The predicted octanol–water partition coefficient (Wildman–Crippen LogP) is 5.67. The van der Waals surface area contributed by atoms with Gasteiger partial charge in [0.05, 0.1) is 18.3 Å². The summed E-state index contributed by atoms with van der Waals surface area (Å²) in [5.74, 6) is 0. The van der Waals surface area contributed by atoms with Gasteiger partial charge in [0, 0.05) is 38.2 Å². The van der Waals surface area contributed by atoms with E-state index in [1.54, 1.807) is 0 Å². The van der Waals surface area contributed by atoms with Gasteiger partial charge in [-0.05, 0) is 53.9 Å². The van der Waals surface area contributed by atoms with Gasteiger partial charge in [0.15, 0.2) is 0 Å². The lowest BCUT2D eigenvalue weighted by Crippen LogP contribution is -2.41. The number of urea groups is 1. The number of aryl methyl sites for hydroxylation is 1. The van der Waals surface area contributed by atoms with Crippen LogP contribution in [0.3, 0.4) is 0 Å². The molecule has 0 fully saturated rings. The summed E-state index contributed by atoms with van der Waals surface area (Å²) in [7, 11) is 4.07. The third kappa shape index (κ3) is 4.17. The topological polar surface area (TPSA) is 40.5 Å². The average Bonchev–Trinajstić information content (AvgIpc) is 3.28. The number of amides is 2. The number of para-hydroxylation sites is 1. The Morgan fingerprint density at radius 3 is 2.41 bits per heavy atom. The van der Waals surface area contributed by atoms with Crippen LogP contribution < -0.4 is 10.2 Å². The Balaban J connectivity index is 1.54. The van der Waals surface area contributed by atoms with Gasteiger partial charge in [0.25, 0.3) is 0 Å². The standard InChI is InChI=1S/C29H30N4O/c1-21-10-12-22(13-11-21)19-30-29(34)33-20-24-7-4-5-8-26(24)32-18-6-9-27(32)28(33)23-14-16-25(17-15-23)31(2)3/h4-18,28H,19-20H2,1-3H3,(H,30,34)/t28-/m0/s1. The minimum Gasteiger partial charge on any atom is -0.378 e. The van der Waals surface area contributed by atoms with E-state index in [2.05, 4.69) is 107 Å². The second-order valence-electron chi connectivity index (χ2n) is 9.09. The summed E-state index contributed by atoms with van der Waals surface area (Å²) in [5, 5.41) is 3.17. The van der Waals surface area contributed by atoms with Crippen LogP contribution in [0.25, 0.3) is 5.69 Å². The van der Waals surface area contributed by atoms with Crippen molar-refractivity contribution in [3.63, 3.8) is 0 Å². The molecule has 1 N–H and O–H groups in total. The van der Waals surface area contributed by atoms with Crippen LogP contribution in [0.5, 0.6) is 0 Å². The first kappa shape index (κ1) is 21.8. The maximum Gasteiger partial charge on any atom is 0.318 e. The van der Waals surface area contributed by atoms with E-state index in [4.69, 9.17) is 0 Å². The van der Waals surface area contributed by atoms with E-state index >= 15 is 0 Å². The van der Waals surface area contributed by atoms with Crippen molar-refractivity contribution in [2.24, 2.45) is 0 Å². The van der Waals surface area contributed by atoms with Gasteiger partial charge in [0.2, 0.25) is 0 Å². The molecule has 0 saturated heterocycles. The highest BCUT2D eigenvalue weighted by Crippen LogP contribution is 2.37. The summed E-state index contributed by atoms with van der Waals surface area (Å²) < 4.78 is 2.22. The van der Waals surface area contributed by atoms with Crippen LogP contribution in [0.2, 0.25) is 0 Å². The first-order valence-electron chi connectivity index (χ1n) is 11.6. The molecule has 172 valence electrons. The number of benzene rings is 3. The second-order valence-corrected chi connectivity index (χ2v) is 9.09. The van der Waals surface area contributed by atoms with Crippen molar-refractivity contribution in [2.75, 3.05) is 19.0 Å². The Bertz CT molecular complexity index is 1290. The molecule has 2 heterocycles. The Kier molecular flexibility index (Phi) is 5.84. The first-order valence-corrected chi connectivity index (χ1v) is 11.6. The van der Waals surface area contributed by atoms with E-state index in [1.165, 1.54) is 5.56 Å². The van der Waals surface area contributed by atoms with Crippen LogP contribution in [-0.2, 0) is 13.1 Å². The molecule has 0 radical (unpaired) electrons. The Hall–Kier alpha value is -3.99. The normalized spacial score (nSPS) is 14.7. The largest absolute Gasteiger partial charge is 0.378 e. The molecule has 0 aliphatic carbocycles. The molecular weight excluding hydrogens is 420 g/mol. The molecule has 1 aliphatic rings. The van der Waals surface area contributed by atoms with Gasteiger partial charge in [0.1, 0.15) is 0 Å². The number of nitrogens with zero attached hydrogens (tertiary/aromatic N) is 3. The van der Waals surface area contributed by atoms with Gasteiger partial charge in [-0.2, -0.15) is 0 Å². The maximum atomic E-state index is 13.7. The zero-order chi connectivity index (χ0) is 23.7. The van der Waals surface area contributed by atoms with Crippen molar-refractivity contribution in [1.29, 1.82) is 0 Å². The molecule has 1 aromatic heterocycles. The van der Waals surface area contributed by atoms with Gasteiger partial charge in [-0.3, -0.25) is 0 Å². The number of carbonyl (C=O) groups excluding carboxylic acids is 1. The molecule has 0 spiro atoms. The molecule has 0 bridgehead atoms. The van der Waals surface area contributed by atoms with Gasteiger partial charge in [-0.1, -0.05) is 60.2 Å². The van der Waals surface area contributed by atoms with Crippen molar-refractivity contribution in [1.82, 2.24) is 14.8 Å². The van der Waals surface area contributed by atoms with E-state index in [-0.39, 0.29) is 12.1 Å². The fourth-order valence-electron chi connectivity index (χ4n) is 4.63. The number of anilines is 1. The van der Waals surface area contributed by atoms with Crippen molar-refractivity contribution in [3.05, 3.63) is 119 Å². The third-order valence-electron chi connectivity index (χ3n) is 6.51. The number of nitrogens with one attached hydrogen (secondary N) is 1. The molecule has 3 aromatic carbocycles. The Morgan fingerprint density at radius 2 is 1.68 bits per heavy atom. The highest BCUT2D eigenvalue weighted by molar-refractivity contribution is 5.76. The highest BCUT2D eigenvalue weighted by atomic mass is 16.2. The fraction of sp³-hybridized carbons (Fsp3) is 0.207. The Labute approximate surface area is 201 Å². The van der Waals surface area contributed by atoms with Gasteiger partial charge in [-0.25, -0.2) is 4.79 Å². The molecule has 1 aliphatic heterocycles. The monoisotopic (exact) mass is 450 g/mol. The summed E-state index contributed by atoms with van der Waals surface area (Å²) in [6.45, 7) is 3.08. The van der Waals surface area contributed by atoms with Crippen LogP contribution in [0.4, 0.5) is 10.5 Å². The third-order valence-corrected chi connectivity index (χ3v) is 6.51. The summed E-state index contributed by atoms with van der Waals surface area (Å²) >= 11 is 0. The number of fused-ring (bicyclic) bond motifs is 3. The van der Waals surface area contributed by atoms with E-state index in [9.17, 15) is 4.79 Å². The molecule has 4 aromatic rings. The number of rotatable bonds is 4. The first-order chi connectivity index (χ1) is 16.5. The fourth-order valence-corrected chi connectivity index (χ4v) is 4.63. The van der Waals surface area contributed by atoms with Gasteiger partial charge in [-0.15, -0.1) is 0 Å². The average molecular weight is 451 g/mol. The van der Waals surface area contributed by atoms with E-state index in [0.29, 0.717) is 13.1 Å². The van der Waals surface area contributed by atoms with Crippen LogP contribution in [0.1, 0.15) is 34.0 Å². The van der Waals surface area contributed by atoms with Crippen LogP contribution in [0, 0.1) is 6.92 Å². The molecule has 5 rings (SSSR count). The minimum absolute atomic E-state index is 0.0771. The van der Waals surface area contributed by atoms with E-state index in [1.807, 2.05) is 25.1 Å². The lowest BCUT2D eigenvalue weighted by Gasteiger charge is -2.31. The second kappa shape index (κ2) is 9.10. The van der Waals surface area contributed by atoms with Crippen molar-refractivity contribution >= 4 is 11.7 Å². The SMILES string of the molecule is Cc1ccc(CNC(=O)N2Cc3ccccc3-n3cccc3[C@@H]2c2ccc(N(C)C)cc2)cc1. The molecule has 5 nitrogen and oxygen atoms in total. The number of aromatic nitrogens is 1. The summed E-state index contributed by atoms with van der Waals surface area (Å²) in [6, 6.07) is 29.0. The smallest absolute Gasteiger partial charge is 0.318 e. The predicted molar refractivity (Wildman–Crippen MR) is 137 cm³/mol. The molecule has 34 heavy (non-hydrogen) atoms. The lowest BCUT2D eigenvalue weighted by atomic mass is 10.0. The quantitative estimate of drug-likeness (QED) is 0.435.